The van der Waals surface area contributed by atoms with Crippen LogP contribution < -0.4 is 5.32 Å². The van der Waals surface area contributed by atoms with E-state index in [2.05, 4.69) is 10.3 Å². The molecule has 2 aromatic rings. The number of fused-ring (bicyclic) bond motifs is 1. The Morgan fingerprint density at radius 2 is 1.96 bits per heavy atom. The zero-order valence-electron chi connectivity index (χ0n) is 14.3. The molecular weight excluding hydrogens is 351 g/mol. The van der Waals surface area contributed by atoms with Crippen molar-refractivity contribution in [3.8, 4) is 0 Å². The first-order chi connectivity index (χ1) is 12.2. The van der Waals surface area contributed by atoms with Gasteiger partial charge in [0.05, 0.1) is 11.3 Å². The number of hydrogen-bond donors (Lipinski definition) is 2. The predicted octanol–water partition coefficient (Wildman–Crippen LogP) is 3.29. The third-order valence-corrected chi connectivity index (χ3v) is 3.92. The molecule has 0 spiro atoms. The Balaban J connectivity index is 2.13. The van der Waals surface area contributed by atoms with Gasteiger partial charge in [-0.2, -0.15) is 13.2 Å². The van der Waals surface area contributed by atoms with Crippen LogP contribution in [0.3, 0.4) is 0 Å². The van der Waals surface area contributed by atoms with Crippen molar-refractivity contribution >= 4 is 17.5 Å². The normalized spacial score (nSPS) is 11.7. The average Bonchev–Trinajstić information content (AvgIpc) is 2.94. The first-order valence-electron chi connectivity index (χ1n) is 8.32. The molecule has 0 fully saturated rings. The average molecular weight is 371 g/mol. The van der Waals surface area contributed by atoms with Crippen molar-refractivity contribution in [2.24, 2.45) is 0 Å². The van der Waals surface area contributed by atoms with Crippen LogP contribution in [0.2, 0.25) is 0 Å². The largest absolute Gasteiger partial charge is 0.481 e. The molecular formula is C17H20F3N3O3. The molecule has 1 amide bonds. The number of alkyl halides is 3. The van der Waals surface area contributed by atoms with Gasteiger partial charge >= 0.3 is 12.1 Å². The molecule has 0 saturated carbocycles. The summed E-state index contributed by atoms with van der Waals surface area (Å²) >= 11 is 0. The van der Waals surface area contributed by atoms with E-state index in [0.29, 0.717) is 37.9 Å². The van der Waals surface area contributed by atoms with Gasteiger partial charge in [-0.25, -0.2) is 4.98 Å². The van der Waals surface area contributed by atoms with Gasteiger partial charge in [-0.15, -0.1) is 0 Å². The number of nitrogens with zero attached hydrogens (tertiary/aromatic N) is 2. The van der Waals surface area contributed by atoms with Gasteiger partial charge in [-0.1, -0.05) is 13.3 Å². The number of rotatable bonds is 8. The number of aromatic nitrogens is 2. The van der Waals surface area contributed by atoms with E-state index in [9.17, 15) is 22.8 Å². The van der Waals surface area contributed by atoms with Gasteiger partial charge in [-0.3, -0.25) is 14.0 Å². The lowest BCUT2D eigenvalue weighted by Gasteiger charge is -2.09. The van der Waals surface area contributed by atoms with Gasteiger partial charge in [0.25, 0.3) is 5.91 Å². The van der Waals surface area contributed by atoms with Gasteiger partial charge in [0, 0.05) is 19.2 Å². The van der Waals surface area contributed by atoms with Crippen molar-refractivity contribution in [2.75, 3.05) is 6.54 Å². The Kier molecular flexibility index (Phi) is 6.23. The first-order valence-corrected chi connectivity index (χ1v) is 8.32. The second-order valence-electron chi connectivity index (χ2n) is 5.86. The van der Waals surface area contributed by atoms with E-state index in [1.165, 1.54) is 10.5 Å². The Morgan fingerprint density at radius 1 is 1.23 bits per heavy atom. The van der Waals surface area contributed by atoms with E-state index >= 15 is 0 Å². The monoisotopic (exact) mass is 371 g/mol. The summed E-state index contributed by atoms with van der Waals surface area (Å²) < 4.78 is 40.0. The number of pyridine rings is 1. The van der Waals surface area contributed by atoms with Crippen molar-refractivity contribution < 1.29 is 27.9 Å². The van der Waals surface area contributed by atoms with Crippen LogP contribution in [0.25, 0.3) is 5.65 Å². The molecule has 9 heteroatoms. The summed E-state index contributed by atoms with van der Waals surface area (Å²) in [5, 5.41) is 11.2. The molecule has 0 bridgehead atoms. The fraction of sp³-hybridized carbons (Fsp3) is 0.471. The van der Waals surface area contributed by atoms with Gasteiger partial charge in [0.1, 0.15) is 11.3 Å². The summed E-state index contributed by atoms with van der Waals surface area (Å²) in [5.41, 5.74) is -0.0546. The summed E-state index contributed by atoms with van der Waals surface area (Å²) in [5.74, 6) is -1.36. The first kappa shape index (κ1) is 19.7. The lowest BCUT2D eigenvalue weighted by molar-refractivity contribution is -0.138. The molecule has 0 aliphatic heterocycles. The SMILES string of the molecule is CCc1nc2ccc(C(F)(F)F)cn2c1C(=O)NCCCCCC(=O)O. The third kappa shape index (κ3) is 4.74. The number of carbonyl (C=O) groups is 2. The number of nitrogens with one attached hydrogen (secondary N) is 1. The highest BCUT2D eigenvalue weighted by atomic mass is 19.4. The third-order valence-electron chi connectivity index (χ3n) is 3.92. The molecule has 2 heterocycles. The van der Waals surface area contributed by atoms with Gasteiger partial charge < -0.3 is 10.4 Å². The number of imidazole rings is 1. The Bertz CT molecular complexity index is 800. The van der Waals surface area contributed by atoms with Crippen molar-refractivity contribution in [3.63, 3.8) is 0 Å². The molecule has 2 rings (SSSR count). The number of aryl methyl sites for hydroxylation is 1. The minimum atomic E-state index is -4.51. The van der Waals surface area contributed by atoms with E-state index in [1.807, 2.05) is 0 Å². The van der Waals surface area contributed by atoms with E-state index in [0.717, 1.165) is 12.3 Å². The van der Waals surface area contributed by atoms with Crippen LogP contribution in [0.5, 0.6) is 0 Å². The number of halogens is 3. The van der Waals surface area contributed by atoms with E-state index in [4.69, 9.17) is 5.11 Å². The smallest absolute Gasteiger partial charge is 0.417 e. The molecule has 0 saturated heterocycles. The second-order valence-corrected chi connectivity index (χ2v) is 5.86. The van der Waals surface area contributed by atoms with Crippen molar-refractivity contribution in [3.05, 3.63) is 35.3 Å². The Hall–Kier alpha value is -2.58. The molecule has 2 N–H and O–H groups in total. The van der Waals surface area contributed by atoms with Crippen LogP contribution in [-0.4, -0.2) is 32.9 Å². The van der Waals surface area contributed by atoms with E-state index in [1.54, 1.807) is 6.92 Å². The minimum absolute atomic E-state index is 0.0708. The summed E-state index contributed by atoms with van der Waals surface area (Å²) in [6, 6.07) is 2.18. The van der Waals surface area contributed by atoms with Gasteiger partial charge in [-0.05, 0) is 31.4 Å². The molecule has 2 aromatic heterocycles. The second kappa shape index (κ2) is 8.20. The molecule has 0 aliphatic rings. The zero-order valence-corrected chi connectivity index (χ0v) is 14.3. The predicted molar refractivity (Wildman–Crippen MR) is 88.0 cm³/mol. The van der Waals surface area contributed by atoms with Crippen LogP contribution in [0, 0.1) is 0 Å². The molecule has 0 aromatic carbocycles. The van der Waals surface area contributed by atoms with E-state index in [-0.39, 0.29) is 17.8 Å². The van der Waals surface area contributed by atoms with Crippen LogP contribution in [0.4, 0.5) is 13.2 Å². The number of aliphatic carboxylic acids is 1. The maximum absolute atomic E-state index is 12.9. The summed E-state index contributed by atoms with van der Waals surface area (Å²) in [6.45, 7) is 2.09. The Morgan fingerprint density at radius 3 is 2.58 bits per heavy atom. The Labute approximate surface area is 148 Å². The number of carbonyl (C=O) groups excluding carboxylic acids is 1. The van der Waals surface area contributed by atoms with Crippen LogP contribution in [0.1, 0.15) is 54.4 Å². The minimum Gasteiger partial charge on any atom is -0.481 e. The number of carboxylic acid groups (broad SMARTS) is 1. The van der Waals surface area contributed by atoms with Crippen LogP contribution in [0.15, 0.2) is 18.3 Å². The van der Waals surface area contributed by atoms with Gasteiger partial charge in [0.2, 0.25) is 0 Å². The quantitative estimate of drug-likeness (QED) is 0.698. The molecule has 142 valence electrons. The highest BCUT2D eigenvalue weighted by molar-refractivity contribution is 5.94. The lowest BCUT2D eigenvalue weighted by Crippen LogP contribution is -2.27. The highest BCUT2D eigenvalue weighted by Gasteiger charge is 2.31. The van der Waals surface area contributed by atoms with E-state index < -0.39 is 23.6 Å². The van der Waals surface area contributed by atoms with Crippen LogP contribution in [-0.2, 0) is 17.4 Å². The molecule has 0 atom stereocenters. The summed E-state index contributed by atoms with van der Waals surface area (Å²) in [6.07, 6.45) is -1.42. The topological polar surface area (TPSA) is 83.7 Å². The maximum Gasteiger partial charge on any atom is 0.417 e. The molecule has 26 heavy (non-hydrogen) atoms. The van der Waals surface area contributed by atoms with Crippen LogP contribution >= 0.6 is 0 Å². The molecule has 0 unspecified atom stereocenters. The fourth-order valence-corrected chi connectivity index (χ4v) is 2.61. The number of carboxylic acids is 1. The molecule has 0 aliphatic carbocycles. The number of unbranched alkanes of at least 4 members (excludes halogenated alkanes) is 2. The highest BCUT2D eigenvalue weighted by Crippen LogP contribution is 2.29. The maximum atomic E-state index is 12.9. The zero-order chi connectivity index (χ0) is 19.3. The number of amides is 1. The van der Waals surface area contributed by atoms with Crippen molar-refractivity contribution in [1.29, 1.82) is 0 Å². The van der Waals surface area contributed by atoms with Crippen molar-refractivity contribution in [2.45, 2.75) is 45.2 Å². The summed E-state index contributed by atoms with van der Waals surface area (Å²) in [7, 11) is 0. The lowest BCUT2D eigenvalue weighted by atomic mass is 10.2. The standard InChI is InChI=1S/C17H20F3N3O3/c1-2-12-15(16(26)21-9-5-3-4-6-14(24)25)23-10-11(17(18,19)20)7-8-13(23)22-12/h7-8,10H,2-6,9H2,1H3,(H,21,26)(H,24,25). The fourth-order valence-electron chi connectivity index (χ4n) is 2.61. The van der Waals surface area contributed by atoms with Crippen molar-refractivity contribution in [1.82, 2.24) is 14.7 Å². The molecule has 6 nitrogen and oxygen atoms in total. The molecule has 0 radical (unpaired) electrons. The van der Waals surface area contributed by atoms with Gasteiger partial charge in [0.15, 0.2) is 0 Å². The number of hydrogen-bond acceptors (Lipinski definition) is 3. The summed E-state index contributed by atoms with van der Waals surface area (Å²) in [4.78, 5) is 27.1.